The summed E-state index contributed by atoms with van der Waals surface area (Å²) in [4.78, 5) is 17.0. The molecule has 154 valence electrons. The van der Waals surface area contributed by atoms with Gasteiger partial charge in [-0.3, -0.25) is 0 Å². The minimum Gasteiger partial charge on any atom is -0.318 e. The van der Waals surface area contributed by atoms with Gasteiger partial charge in [0.2, 0.25) is 0 Å². The summed E-state index contributed by atoms with van der Waals surface area (Å²) >= 11 is 1.64. The van der Waals surface area contributed by atoms with E-state index < -0.39 is 0 Å². The number of para-hydroxylation sites is 1. The molecule has 0 saturated carbocycles. The van der Waals surface area contributed by atoms with E-state index >= 15 is 0 Å². The molecule has 0 bridgehead atoms. The smallest absolute Gasteiger partial charge is 0.318 e. The monoisotopic (exact) mass is 418 g/mol. The summed E-state index contributed by atoms with van der Waals surface area (Å²) in [6, 6.07) is 16.4. The third kappa shape index (κ3) is 4.74. The summed E-state index contributed by atoms with van der Waals surface area (Å²) in [5.74, 6) is -0.350. The van der Waals surface area contributed by atoms with E-state index in [0.717, 1.165) is 32.8 Å². The van der Waals surface area contributed by atoms with Gasteiger partial charge in [0.15, 0.2) is 0 Å². The number of fused-ring (bicyclic) bond motifs is 1. The van der Waals surface area contributed by atoms with Gasteiger partial charge in [0.25, 0.3) is 0 Å². The molecule has 0 unspecified atom stereocenters. The van der Waals surface area contributed by atoms with E-state index in [2.05, 4.69) is 53.7 Å². The van der Waals surface area contributed by atoms with Crippen molar-refractivity contribution in [2.45, 2.75) is 26.7 Å². The molecule has 2 aromatic carbocycles. The summed E-state index contributed by atoms with van der Waals surface area (Å²) in [6.07, 6.45) is 8.71. The van der Waals surface area contributed by atoms with E-state index in [-0.39, 0.29) is 12.4 Å². The van der Waals surface area contributed by atoms with Crippen LogP contribution in [0, 0.1) is 6.92 Å². The van der Waals surface area contributed by atoms with Gasteiger partial charge in [-0.2, -0.15) is 0 Å². The molecule has 3 aromatic rings. The fourth-order valence-corrected chi connectivity index (χ4v) is 3.86. The normalized spacial score (nSPS) is 12.2. The van der Waals surface area contributed by atoms with E-state index in [1.807, 2.05) is 36.6 Å². The number of aryl methyl sites for hydroxylation is 1. The molecule has 3 rings (SSSR count). The molecule has 5 heteroatoms. The van der Waals surface area contributed by atoms with Crippen LogP contribution < -0.4 is 0 Å². The van der Waals surface area contributed by atoms with Crippen LogP contribution in [-0.2, 0) is 16.1 Å². The number of hydrogen-bond donors (Lipinski definition) is 0. The molecule has 1 aromatic heterocycles. The largest absolute Gasteiger partial charge is 0.334 e. The number of oxime groups is 1. The Hall–Kier alpha value is -3.05. The zero-order valence-corrected chi connectivity index (χ0v) is 18.4. The number of rotatable bonds is 8. The second-order valence-electron chi connectivity index (χ2n) is 6.83. The third-order valence-electron chi connectivity index (χ3n) is 4.90. The highest BCUT2D eigenvalue weighted by atomic mass is 32.2. The zero-order valence-electron chi connectivity index (χ0n) is 17.6. The highest BCUT2D eigenvalue weighted by molar-refractivity contribution is 8.07. The van der Waals surface area contributed by atoms with Gasteiger partial charge in [0.1, 0.15) is 0 Å². The molecule has 0 amide bonds. The van der Waals surface area contributed by atoms with Crippen molar-refractivity contribution in [1.82, 2.24) is 4.57 Å². The topological polar surface area (TPSA) is 43.6 Å². The van der Waals surface area contributed by atoms with Gasteiger partial charge in [0, 0.05) is 30.0 Å². The van der Waals surface area contributed by atoms with Crippen LogP contribution in [0.2, 0.25) is 0 Å². The maximum atomic E-state index is 11.8. The molecule has 0 radical (unpaired) electrons. The summed E-state index contributed by atoms with van der Waals surface area (Å²) in [5.41, 5.74) is 5.05. The number of benzene rings is 2. The van der Waals surface area contributed by atoms with Crippen LogP contribution in [0.1, 0.15) is 30.0 Å². The Labute approximate surface area is 181 Å². The van der Waals surface area contributed by atoms with Crippen LogP contribution >= 0.6 is 11.8 Å². The van der Waals surface area contributed by atoms with Crippen LogP contribution in [0.3, 0.4) is 0 Å². The number of carbonyl (C=O) groups excluding carboxylic acids is 1. The lowest BCUT2D eigenvalue weighted by Crippen LogP contribution is -2.09. The summed E-state index contributed by atoms with van der Waals surface area (Å²) in [7, 11) is 0. The average molecular weight is 419 g/mol. The zero-order chi connectivity index (χ0) is 21.5. The molecule has 0 aliphatic heterocycles. The second-order valence-corrected chi connectivity index (χ2v) is 7.66. The fraction of sp³-hybridized carbons (Fsp3) is 0.200. The van der Waals surface area contributed by atoms with Crippen LogP contribution in [-0.4, -0.2) is 22.5 Å². The number of nitrogens with zero attached hydrogens (tertiary/aromatic N) is 2. The quantitative estimate of drug-likeness (QED) is 0.189. The van der Waals surface area contributed by atoms with Gasteiger partial charge in [0.05, 0.1) is 16.3 Å². The number of aromatic nitrogens is 1. The van der Waals surface area contributed by atoms with Crippen molar-refractivity contribution >= 4 is 39.4 Å². The first kappa shape index (κ1) is 21.7. The van der Waals surface area contributed by atoms with Crippen molar-refractivity contribution in [2.75, 3.05) is 6.26 Å². The number of hydrogen-bond acceptors (Lipinski definition) is 4. The first-order valence-corrected chi connectivity index (χ1v) is 11.1. The minimum atomic E-state index is -0.350. The van der Waals surface area contributed by atoms with Crippen LogP contribution in [0.4, 0.5) is 0 Å². The maximum absolute atomic E-state index is 11.8. The Morgan fingerprint density at radius 3 is 2.63 bits per heavy atom. The highest BCUT2D eigenvalue weighted by Crippen LogP contribution is 2.30. The number of thioether (sulfide) groups is 1. The second kappa shape index (κ2) is 10.1. The third-order valence-corrected chi connectivity index (χ3v) is 5.65. The summed E-state index contributed by atoms with van der Waals surface area (Å²) < 4.78 is 2.13. The highest BCUT2D eigenvalue weighted by Gasteiger charge is 2.17. The van der Waals surface area contributed by atoms with E-state index in [0.29, 0.717) is 6.42 Å². The van der Waals surface area contributed by atoms with Crippen molar-refractivity contribution in [1.29, 1.82) is 0 Å². The van der Waals surface area contributed by atoms with Gasteiger partial charge in [-0.1, -0.05) is 67.2 Å². The summed E-state index contributed by atoms with van der Waals surface area (Å²) in [6.45, 7) is 7.67. The lowest BCUT2D eigenvalue weighted by atomic mass is 9.98. The molecular formula is C25H26N2O2S. The molecule has 0 N–H and O–H groups in total. The van der Waals surface area contributed by atoms with E-state index in [4.69, 9.17) is 4.84 Å². The van der Waals surface area contributed by atoms with Gasteiger partial charge in [-0.25, -0.2) is 4.79 Å². The van der Waals surface area contributed by atoms with Crippen molar-refractivity contribution < 1.29 is 9.63 Å². The molecule has 0 saturated heterocycles. The molecule has 4 nitrogen and oxygen atoms in total. The van der Waals surface area contributed by atoms with E-state index in [1.165, 1.54) is 5.56 Å². The standard InChI is InChI=1S/C25H26N2O2S/c1-5-11-24(30-4)27-17-21(20-14-9-10-15-23(20)27)22(26-29-25(28)6-2)16-19-13-8-7-12-18(19)3/h5,7-15,17H,1,6,16H2,2-4H3/b24-11-,26-22+. The Morgan fingerprint density at radius 1 is 1.20 bits per heavy atom. The Bertz CT molecular complexity index is 1130. The lowest BCUT2D eigenvalue weighted by Gasteiger charge is -2.08. The van der Waals surface area contributed by atoms with Crippen molar-refractivity contribution in [3.8, 4) is 0 Å². The van der Waals surface area contributed by atoms with Crippen molar-refractivity contribution in [3.63, 3.8) is 0 Å². The lowest BCUT2D eigenvalue weighted by molar-refractivity contribution is -0.143. The van der Waals surface area contributed by atoms with Gasteiger partial charge in [-0.15, -0.1) is 11.8 Å². The molecule has 0 aliphatic carbocycles. The molecule has 0 atom stereocenters. The molecule has 0 aliphatic rings. The Morgan fingerprint density at radius 2 is 1.93 bits per heavy atom. The summed E-state index contributed by atoms with van der Waals surface area (Å²) in [5, 5.41) is 6.41. The average Bonchev–Trinajstić information content (AvgIpc) is 3.15. The molecule has 0 spiro atoms. The van der Waals surface area contributed by atoms with Gasteiger partial charge in [-0.05, 0) is 36.4 Å². The van der Waals surface area contributed by atoms with Crippen LogP contribution in [0.15, 0.2) is 78.6 Å². The first-order chi connectivity index (χ1) is 14.6. The predicted octanol–water partition coefficient (Wildman–Crippen LogP) is 6.20. The minimum absolute atomic E-state index is 0.279. The SMILES string of the molecule is C=C/C=C(\SC)n1cc(/C(Cc2ccccc2C)=N/OC(=O)CC)c2ccccc21. The first-order valence-electron chi connectivity index (χ1n) is 9.87. The van der Waals surface area contributed by atoms with E-state index in [1.54, 1.807) is 24.8 Å². The van der Waals surface area contributed by atoms with Crippen molar-refractivity contribution in [3.05, 3.63) is 90.1 Å². The molecule has 1 heterocycles. The number of allylic oxidation sites excluding steroid dienone is 2. The fourth-order valence-electron chi connectivity index (χ4n) is 3.28. The van der Waals surface area contributed by atoms with Crippen LogP contribution in [0.25, 0.3) is 15.9 Å². The Balaban J connectivity index is 2.17. The van der Waals surface area contributed by atoms with Gasteiger partial charge < -0.3 is 9.40 Å². The molecular weight excluding hydrogens is 392 g/mol. The number of carbonyl (C=O) groups is 1. The predicted molar refractivity (Wildman–Crippen MR) is 128 cm³/mol. The van der Waals surface area contributed by atoms with E-state index in [9.17, 15) is 4.79 Å². The molecule has 0 fully saturated rings. The Kier molecular flexibility index (Phi) is 7.31. The molecule has 30 heavy (non-hydrogen) atoms. The maximum Gasteiger partial charge on any atom is 0.334 e. The van der Waals surface area contributed by atoms with Crippen LogP contribution in [0.5, 0.6) is 0 Å². The van der Waals surface area contributed by atoms with Crippen molar-refractivity contribution in [2.24, 2.45) is 5.16 Å². The van der Waals surface area contributed by atoms with Gasteiger partial charge >= 0.3 is 5.97 Å².